The highest BCUT2D eigenvalue weighted by atomic mass is 16.5. The number of benzene rings is 2. The van der Waals surface area contributed by atoms with Gasteiger partial charge in [0.1, 0.15) is 25.0 Å². The molecule has 26 heavy (non-hydrogen) atoms. The second kappa shape index (κ2) is 7.70. The number of aromatic nitrogens is 2. The molecule has 0 saturated carbocycles. The van der Waals surface area contributed by atoms with Gasteiger partial charge in [0.25, 0.3) is 5.82 Å². The van der Waals surface area contributed by atoms with E-state index >= 15 is 0 Å². The molecule has 0 bridgehead atoms. The summed E-state index contributed by atoms with van der Waals surface area (Å²) in [6.07, 6.45) is -0.697. The van der Waals surface area contributed by atoms with Crippen molar-refractivity contribution in [2.24, 2.45) is 0 Å². The number of Topliss-reactive ketones (excluding diaryl/α,β-unsaturated/α-hetero) is 1. The number of nitrogens with one attached hydrogen (secondary N) is 1. The SMILES string of the molecule is CC(=O)c1ccccc1OCC(O)C[n+]1c(C(C)C)[nH]c2ccccc21. The van der Waals surface area contributed by atoms with Gasteiger partial charge in [-0.05, 0) is 31.2 Å². The molecule has 1 heterocycles. The van der Waals surface area contributed by atoms with Gasteiger partial charge in [-0.3, -0.25) is 4.79 Å². The van der Waals surface area contributed by atoms with E-state index in [2.05, 4.69) is 23.4 Å². The lowest BCUT2D eigenvalue weighted by molar-refractivity contribution is -0.687. The summed E-state index contributed by atoms with van der Waals surface area (Å²) in [7, 11) is 0. The minimum atomic E-state index is -0.697. The topological polar surface area (TPSA) is 66.2 Å². The van der Waals surface area contributed by atoms with Crippen LogP contribution in [-0.4, -0.2) is 28.6 Å². The highest BCUT2D eigenvalue weighted by Crippen LogP contribution is 2.19. The Bertz CT molecular complexity index is 915. The summed E-state index contributed by atoms with van der Waals surface area (Å²) in [5.74, 6) is 1.82. The first-order valence-corrected chi connectivity index (χ1v) is 8.88. The first-order chi connectivity index (χ1) is 12.5. The number of H-pyrrole nitrogens is 1. The molecule has 0 saturated heterocycles. The molecule has 2 aromatic carbocycles. The lowest BCUT2D eigenvalue weighted by atomic mass is 10.1. The van der Waals surface area contributed by atoms with E-state index in [9.17, 15) is 9.90 Å². The fraction of sp³-hybridized carbons (Fsp3) is 0.333. The number of rotatable bonds is 7. The van der Waals surface area contributed by atoms with Gasteiger partial charge in [0.05, 0.1) is 11.5 Å². The zero-order valence-electron chi connectivity index (χ0n) is 15.4. The average molecular weight is 353 g/mol. The van der Waals surface area contributed by atoms with E-state index in [-0.39, 0.29) is 12.4 Å². The molecule has 5 heteroatoms. The normalized spacial score (nSPS) is 12.5. The van der Waals surface area contributed by atoms with Crippen molar-refractivity contribution in [1.29, 1.82) is 0 Å². The Morgan fingerprint density at radius 2 is 1.85 bits per heavy atom. The van der Waals surface area contributed by atoms with Crippen LogP contribution in [0.25, 0.3) is 11.0 Å². The number of ether oxygens (including phenoxy) is 1. The fourth-order valence-corrected chi connectivity index (χ4v) is 3.14. The number of hydrogen-bond donors (Lipinski definition) is 2. The molecule has 1 unspecified atom stereocenters. The van der Waals surface area contributed by atoms with Gasteiger partial charge < -0.3 is 9.84 Å². The molecule has 3 rings (SSSR count). The number of para-hydroxylation sites is 3. The second-order valence-corrected chi connectivity index (χ2v) is 6.81. The van der Waals surface area contributed by atoms with Gasteiger partial charge in [-0.1, -0.05) is 38.1 Å². The Labute approximate surface area is 153 Å². The van der Waals surface area contributed by atoms with Crippen LogP contribution in [0, 0.1) is 0 Å². The van der Waals surface area contributed by atoms with Crippen molar-refractivity contribution >= 4 is 16.8 Å². The van der Waals surface area contributed by atoms with Crippen molar-refractivity contribution in [3.63, 3.8) is 0 Å². The van der Waals surface area contributed by atoms with Crippen LogP contribution in [0.4, 0.5) is 0 Å². The van der Waals surface area contributed by atoms with Crippen LogP contribution in [-0.2, 0) is 6.54 Å². The van der Waals surface area contributed by atoms with Crippen LogP contribution in [0.1, 0.15) is 42.9 Å². The molecule has 0 aliphatic heterocycles. The molecule has 136 valence electrons. The van der Waals surface area contributed by atoms with Gasteiger partial charge in [0.2, 0.25) is 0 Å². The molecule has 0 radical (unpaired) electrons. The molecule has 0 aliphatic rings. The van der Waals surface area contributed by atoms with Gasteiger partial charge in [-0.2, -0.15) is 0 Å². The van der Waals surface area contributed by atoms with E-state index in [4.69, 9.17) is 4.74 Å². The van der Waals surface area contributed by atoms with Crippen molar-refractivity contribution in [3.05, 3.63) is 59.9 Å². The molecule has 5 nitrogen and oxygen atoms in total. The fourth-order valence-electron chi connectivity index (χ4n) is 3.14. The van der Waals surface area contributed by atoms with Crippen LogP contribution in [0.2, 0.25) is 0 Å². The van der Waals surface area contributed by atoms with Crippen LogP contribution < -0.4 is 9.30 Å². The number of ketones is 1. The average Bonchev–Trinajstić information content (AvgIpc) is 2.99. The Morgan fingerprint density at radius 1 is 1.15 bits per heavy atom. The zero-order chi connectivity index (χ0) is 18.7. The maximum absolute atomic E-state index is 11.7. The highest BCUT2D eigenvalue weighted by molar-refractivity contribution is 5.96. The molecular weight excluding hydrogens is 328 g/mol. The molecular formula is C21H25N2O3+. The summed E-state index contributed by atoms with van der Waals surface area (Å²) in [6.45, 7) is 6.28. The van der Waals surface area contributed by atoms with Gasteiger partial charge in [0.15, 0.2) is 16.8 Å². The quantitative estimate of drug-likeness (QED) is 0.506. The second-order valence-electron chi connectivity index (χ2n) is 6.81. The molecule has 3 aromatic rings. The van der Waals surface area contributed by atoms with Crippen LogP contribution >= 0.6 is 0 Å². The third kappa shape index (κ3) is 3.78. The smallest absolute Gasteiger partial charge is 0.257 e. The van der Waals surface area contributed by atoms with Crippen molar-refractivity contribution in [3.8, 4) is 5.75 Å². The third-order valence-electron chi connectivity index (χ3n) is 4.39. The van der Waals surface area contributed by atoms with Crippen LogP contribution in [0.5, 0.6) is 5.75 Å². The van der Waals surface area contributed by atoms with Crippen molar-refractivity contribution in [2.75, 3.05) is 6.61 Å². The summed E-state index contributed by atoms with van der Waals surface area (Å²) in [5, 5.41) is 10.5. The lowest BCUT2D eigenvalue weighted by Crippen LogP contribution is -2.44. The number of nitrogens with zero attached hydrogens (tertiary/aromatic N) is 1. The Balaban J connectivity index is 1.77. The molecule has 0 amide bonds. The van der Waals surface area contributed by atoms with E-state index in [0.29, 0.717) is 23.8 Å². The number of aromatic amines is 1. The monoisotopic (exact) mass is 353 g/mol. The highest BCUT2D eigenvalue weighted by Gasteiger charge is 2.23. The van der Waals surface area contributed by atoms with Crippen molar-refractivity contribution < 1.29 is 19.2 Å². The largest absolute Gasteiger partial charge is 0.490 e. The molecule has 1 aromatic heterocycles. The third-order valence-corrected chi connectivity index (χ3v) is 4.39. The van der Waals surface area contributed by atoms with E-state index in [1.165, 1.54) is 6.92 Å². The number of carbonyl (C=O) groups excluding carboxylic acids is 1. The summed E-state index contributed by atoms with van der Waals surface area (Å²) >= 11 is 0. The number of fused-ring (bicyclic) bond motifs is 1. The summed E-state index contributed by atoms with van der Waals surface area (Å²) in [6, 6.07) is 15.2. The number of aliphatic hydroxyl groups is 1. The standard InChI is InChI=1S/C21H24N2O3/c1-14(2)21-22-18-9-5-6-10-19(18)23(21)12-16(25)13-26-20-11-7-4-8-17(20)15(3)24/h4-11,14,16,25H,12-13H2,1-3H3/p+1. The van der Waals surface area contributed by atoms with E-state index in [0.717, 1.165) is 16.9 Å². The predicted octanol–water partition coefficient (Wildman–Crippen LogP) is 3.22. The van der Waals surface area contributed by atoms with Gasteiger partial charge in [0, 0.05) is 0 Å². The maximum atomic E-state index is 11.7. The van der Waals surface area contributed by atoms with E-state index in [1.807, 2.05) is 30.3 Å². The van der Waals surface area contributed by atoms with E-state index in [1.54, 1.807) is 18.2 Å². The van der Waals surface area contributed by atoms with Crippen LogP contribution in [0.3, 0.4) is 0 Å². The molecule has 1 atom stereocenters. The molecule has 0 fully saturated rings. The molecule has 0 aliphatic carbocycles. The van der Waals surface area contributed by atoms with Crippen LogP contribution in [0.15, 0.2) is 48.5 Å². The first-order valence-electron chi connectivity index (χ1n) is 8.88. The zero-order valence-corrected chi connectivity index (χ0v) is 15.4. The van der Waals surface area contributed by atoms with Gasteiger partial charge in [-0.25, -0.2) is 9.55 Å². The number of aliphatic hydroxyl groups excluding tert-OH is 1. The van der Waals surface area contributed by atoms with Crippen molar-refractivity contribution in [1.82, 2.24) is 4.98 Å². The lowest BCUT2D eigenvalue weighted by Gasteiger charge is -2.14. The minimum absolute atomic E-state index is 0.0526. The number of imidazole rings is 1. The van der Waals surface area contributed by atoms with Gasteiger partial charge >= 0.3 is 0 Å². The summed E-state index contributed by atoms with van der Waals surface area (Å²) in [5.41, 5.74) is 2.63. The predicted molar refractivity (Wildman–Crippen MR) is 101 cm³/mol. The Kier molecular flexibility index (Phi) is 5.38. The summed E-state index contributed by atoms with van der Waals surface area (Å²) < 4.78 is 7.83. The molecule has 0 spiro atoms. The number of hydrogen-bond acceptors (Lipinski definition) is 3. The first kappa shape index (κ1) is 18.1. The minimum Gasteiger partial charge on any atom is -0.490 e. The van der Waals surface area contributed by atoms with Gasteiger partial charge in [-0.15, -0.1) is 0 Å². The molecule has 2 N–H and O–H groups in total. The Morgan fingerprint density at radius 3 is 2.58 bits per heavy atom. The Hall–Kier alpha value is -2.66. The van der Waals surface area contributed by atoms with Crippen molar-refractivity contribution in [2.45, 2.75) is 39.3 Å². The van der Waals surface area contributed by atoms with E-state index < -0.39 is 6.10 Å². The summed E-state index contributed by atoms with van der Waals surface area (Å²) in [4.78, 5) is 15.1. The number of carbonyl (C=O) groups is 1. The maximum Gasteiger partial charge on any atom is 0.257 e.